The van der Waals surface area contributed by atoms with E-state index in [2.05, 4.69) is 10.1 Å². The number of nitrogens with zero attached hydrogens (tertiary/aromatic N) is 4. The molecule has 7 heteroatoms. The largest absolute Gasteiger partial charge is 0.336 e. The first-order valence-corrected chi connectivity index (χ1v) is 9.50. The van der Waals surface area contributed by atoms with Gasteiger partial charge in [-0.25, -0.2) is 18.3 Å². The van der Waals surface area contributed by atoms with Crippen LogP contribution < -0.4 is 0 Å². The molecule has 1 fully saturated rings. The average Bonchev–Trinajstić information content (AvgIpc) is 3.11. The minimum Gasteiger partial charge on any atom is -0.336 e. The molecule has 1 aromatic carbocycles. The molecule has 1 amide bonds. The molecular weight excluding hydrogens is 362 g/mol. The second kappa shape index (κ2) is 7.30. The summed E-state index contributed by atoms with van der Waals surface area (Å²) < 4.78 is 28.5. The van der Waals surface area contributed by atoms with Crippen LogP contribution in [0.3, 0.4) is 0 Å². The Morgan fingerprint density at radius 1 is 1.21 bits per heavy atom. The van der Waals surface area contributed by atoms with Gasteiger partial charge in [-0.1, -0.05) is 29.8 Å². The lowest BCUT2D eigenvalue weighted by atomic mass is 10.0. The summed E-state index contributed by atoms with van der Waals surface area (Å²) in [6.07, 6.45) is 1.60. The lowest BCUT2D eigenvalue weighted by Crippen LogP contribution is -2.42. The summed E-state index contributed by atoms with van der Waals surface area (Å²) in [5.41, 5.74) is 2.37. The first-order valence-electron chi connectivity index (χ1n) is 9.50. The fourth-order valence-electron chi connectivity index (χ4n) is 3.72. The summed E-state index contributed by atoms with van der Waals surface area (Å²) >= 11 is 0. The van der Waals surface area contributed by atoms with Crippen molar-refractivity contribution in [2.75, 3.05) is 6.54 Å². The minimum atomic E-state index is -2.73. The Morgan fingerprint density at radius 2 is 1.96 bits per heavy atom. The van der Waals surface area contributed by atoms with Crippen LogP contribution in [0.5, 0.6) is 0 Å². The van der Waals surface area contributed by atoms with E-state index in [-0.39, 0.29) is 28.9 Å². The standard InChI is InChI=1S/C21H22F2N4O/c1-13-6-8-15(9-7-13)17-11-18(19(22)23)27-20(25-17)16(12-24-27)21(28)26-10-4-3-5-14(26)2/h6-9,11-12,14,19H,3-5,10H2,1-2H3/t14-/m1/s1. The van der Waals surface area contributed by atoms with Crippen LogP contribution in [-0.4, -0.2) is 38.0 Å². The van der Waals surface area contributed by atoms with Crippen LogP contribution in [0, 0.1) is 6.92 Å². The van der Waals surface area contributed by atoms with Crippen molar-refractivity contribution < 1.29 is 13.6 Å². The van der Waals surface area contributed by atoms with Crippen LogP contribution in [0.15, 0.2) is 36.5 Å². The maximum Gasteiger partial charge on any atom is 0.280 e. The van der Waals surface area contributed by atoms with Crippen molar-refractivity contribution in [2.24, 2.45) is 0 Å². The molecule has 0 unspecified atom stereocenters. The molecular formula is C21H22F2N4O. The second-order valence-electron chi connectivity index (χ2n) is 7.37. The van der Waals surface area contributed by atoms with E-state index in [9.17, 15) is 13.6 Å². The van der Waals surface area contributed by atoms with Crippen LogP contribution in [0.1, 0.15) is 54.2 Å². The number of likely N-dealkylation sites (tertiary alicyclic amines) is 1. The van der Waals surface area contributed by atoms with E-state index in [0.29, 0.717) is 12.2 Å². The fraction of sp³-hybridized carbons (Fsp3) is 0.381. The number of hydrogen-bond donors (Lipinski definition) is 0. The van der Waals surface area contributed by atoms with Crippen molar-refractivity contribution in [3.8, 4) is 11.3 Å². The van der Waals surface area contributed by atoms with E-state index in [0.717, 1.165) is 34.9 Å². The number of carbonyl (C=O) groups is 1. The molecule has 0 N–H and O–H groups in total. The third kappa shape index (κ3) is 3.25. The Hall–Kier alpha value is -2.83. The number of amides is 1. The predicted octanol–water partition coefficient (Wildman–Crippen LogP) is 4.66. The van der Waals surface area contributed by atoms with E-state index in [1.807, 2.05) is 38.1 Å². The zero-order valence-electron chi connectivity index (χ0n) is 15.9. The van der Waals surface area contributed by atoms with Gasteiger partial charge >= 0.3 is 0 Å². The first kappa shape index (κ1) is 18.5. The lowest BCUT2D eigenvalue weighted by Gasteiger charge is -2.33. The van der Waals surface area contributed by atoms with Crippen LogP contribution in [0.4, 0.5) is 8.78 Å². The van der Waals surface area contributed by atoms with Crippen molar-refractivity contribution in [3.63, 3.8) is 0 Å². The number of rotatable bonds is 3. The topological polar surface area (TPSA) is 50.5 Å². The molecule has 146 valence electrons. The number of aryl methyl sites for hydroxylation is 1. The van der Waals surface area contributed by atoms with E-state index in [4.69, 9.17) is 0 Å². The van der Waals surface area contributed by atoms with Crippen molar-refractivity contribution in [1.82, 2.24) is 19.5 Å². The number of piperidine rings is 1. The van der Waals surface area contributed by atoms with E-state index in [1.54, 1.807) is 4.90 Å². The number of hydrogen-bond acceptors (Lipinski definition) is 3. The molecule has 0 spiro atoms. The summed E-state index contributed by atoms with van der Waals surface area (Å²) in [6.45, 7) is 4.63. The van der Waals surface area contributed by atoms with Crippen molar-refractivity contribution >= 4 is 11.6 Å². The van der Waals surface area contributed by atoms with E-state index >= 15 is 0 Å². The van der Waals surface area contributed by atoms with Gasteiger partial charge in [-0.15, -0.1) is 0 Å². The quantitative estimate of drug-likeness (QED) is 0.660. The number of aromatic nitrogens is 3. The highest BCUT2D eigenvalue weighted by atomic mass is 19.3. The van der Waals surface area contributed by atoms with Gasteiger partial charge < -0.3 is 4.90 Å². The summed E-state index contributed by atoms with van der Waals surface area (Å²) in [5, 5.41) is 4.06. The molecule has 0 aliphatic carbocycles. The van der Waals surface area contributed by atoms with Gasteiger partial charge in [-0.05, 0) is 39.2 Å². The molecule has 1 atom stereocenters. The smallest absolute Gasteiger partial charge is 0.280 e. The molecule has 0 radical (unpaired) electrons. The van der Waals surface area contributed by atoms with Gasteiger partial charge in [0.1, 0.15) is 11.3 Å². The molecule has 2 aromatic heterocycles. The second-order valence-corrected chi connectivity index (χ2v) is 7.37. The maximum atomic E-state index is 13.7. The number of halogens is 2. The summed E-state index contributed by atoms with van der Waals surface area (Å²) in [7, 11) is 0. The molecule has 1 saturated heterocycles. The molecule has 3 heterocycles. The molecule has 0 bridgehead atoms. The third-order valence-corrected chi connectivity index (χ3v) is 5.36. The highest BCUT2D eigenvalue weighted by Gasteiger charge is 2.28. The third-order valence-electron chi connectivity index (χ3n) is 5.36. The molecule has 28 heavy (non-hydrogen) atoms. The molecule has 4 rings (SSSR count). The van der Waals surface area contributed by atoms with Gasteiger partial charge in [-0.2, -0.15) is 5.10 Å². The van der Waals surface area contributed by atoms with Gasteiger partial charge in [0.25, 0.3) is 12.3 Å². The van der Waals surface area contributed by atoms with E-state index < -0.39 is 6.43 Å². The molecule has 1 aliphatic rings. The first-order chi connectivity index (χ1) is 13.5. The zero-order chi connectivity index (χ0) is 19.8. The van der Waals surface area contributed by atoms with Gasteiger partial charge in [0.2, 0.25) is 0 Å². The molecule has 1 aliphatic heterocycles. The van der Waals surface area contributed by atoms with Gasteiger partial charge in [0.05, 0.1) is 11.9 Å². The predicted molar refractivity (Wildman–Crippen MR) is 102 cm³/mol. The number of carbonyl (C=O) groups excluding carboxylic acids is 1. The van der Waals surface area contributed by atoms with Gasteiger partial charge in [0, 0.05) is 18.2 Å². The van der Waals surface area contributed by atoms with Gasteiger partial charge in [0.15, 0.2) is 5.65 Å². The maximum absolute atomic E-state index is 13.7. The highest BCUT2D eigenvalue weighted by Crippen LogP contribution is 2.28. The van der Waals surface area contributed by atoms with Gasteiger partial charge in [-0.3, -0.25) is 4.79 Å². The van der Waals surface area contributed by atoms with Crippen LogP contribution >= 0.6 is 0 Å². The average molecular weight is 384 g/mol. The monoisotopic (exact) mass is 384 g/mol. The molecule has 3 aromatic rings. The Labute approximate surface area is 162 Å². The van der Waals surface area contributed by atoms with E-state index in [1.165, 1.54) is 12.3 Å². The van der Waals surface area contributed by atoms with Crippen LogP contribution in [-0.2, 0) is 0 Å². The Morgan fingerprint density at radius 3 is 2.64 bits per heavy atom. The van der Waals surface area contributed by atoms with Crippen molar-refractivity contribution in [1.29, 1.82) is 0 Å². The Balaban J connectivity index is 1.84. The summed E-state index contributed by atoms with van der Waals surface area (Å²) in [5.74, 6) is -0.198. The summed E-state index contributed by atoms with van der Waals surface area (Å²) in [6, 6.07) is 8.95. The zero-order valence-corrected chi connectivity index (χ0v) is 15.9. The number of fused-ring (bicyclic) bond motifs is 1. The lowest BCUT2D eigenvalue weighted by molar-refractivity contribution is 0.0637. The normalized spacial score (nSPS) is 17.5. The summed E-state index contributed by atoms with van der Waals surface area (Å²) in [4.78, 5) is 19.4. The fourth-order valence-corrected chi connectivity index (χ4v) is 3.72. The highest BCUT2D eigenvalue weighted by molar-refractivity contribution is 6.00. The minimum absolute atomic E-state index is 0.117. The SMILES string of the molecule is Cc1ccc(-c2cc(C(F)F)n3ncc(C(=O)N4CCCC[C@H]4C)c3n2)cc1. The van der Waals surface area contributed by atoms with Crippen LogP contribution in [0.25, 0.3) is 16.9 Å². The number of benzene rings is 1. The van der Waals surface area contributed by atoms with Crippen molar-refractivity contribution in [3.05, 3.63) is 53.3 Å². The molecule has 0 saturated carbocycles. The Bertz CT molecular complexity index is 1010. The Kier molecular flexibility index (Phi) is 4.83. The van der Waals surface area contributed by atoms with Crippen LogP contribution in [0.2, 0.25) is 0 Å². The number of alkyl halides is 2. The van der Waals surface area contributed by atoms with Crippen molar-refractivity contribution in [2.45, 2.75) is 45.6 Å². The molecule has 5 nitrogen and oxygen atoms in total.